The van der Waals surface area contributed by atoms with Gasteiger partial charge in [0.05, 0.1) is 0 Å². The van der Waals surface area contributed by atoms with Crippen LogP contribution in [0.15, 0.2) is 53.4 Å². The van der Waals surface area contributed by atoms with E-state index < -0.39 is 0 Å². The van der Waals surface area contributed by atoms with Gasteiger partial charge in [-0.05, 0) is 59.8 Å². The quantitative estimate of drug-likeness (QED) is 0.654. The molecule has 2 nitrogen and oxygen atoms in total. The Bertz CT molecular complexity index is 782. The molecule has 1 aliphatic heterocycles. The SMILES string of the molecule is CC1(C)CC(C)(C)c2cc(NC(=S)NCCc3ccccc3)ccc2S1. The van der Waals surface area contributed by atoms with Crippen molar-refractivity contribution >= 4 is 34.8 Å². The summed E-state index contributed by atoms with van der Waals surface area (Å²) in [5.41, 5.74) is 3.97. The molecule has 0 unspecified atom stereocenters. The molecule has 3 rings (SSSR count). The third kappa shape index (κ3) is 4.80. The molecule has 0 fully saturated rings. The Kier molecular flexibility index (Phi) is 5.64. The summed E-state index contributed by atoms with van der Waals surface area (Å²) in [4.78, 5) is 1.39. The van der Waals surface area contributed by atoms with Crippen LogP contribution in [0.2, 0.25) is 0 Å². The Hall–Kier alpha value is -1.52. The lowest BCUT2D eigenvalue weighted by atomic mass is 9.77. The number of benzene rings is 2. The van der Waals surface area contributed by atoms with Gasteiger partial charge in [0.1, 0.15) is 0 Å². The zero-order chi connectivity index (χ0) is 18.8. The molecule has 0 spiro atoms. The predicted octanol–water partition coefficient (Wildman–Crippen LogP) is 5.77. The van der Waals surface area contributed by atoms with Crippen molar-refractivity contribution in [2.24, 2.45) is 0 Å². The summed E-state index contributed by atoms with van der Waals surface area (Å²) in [5.74, 6) is 0. The Labute approximate surface area is 167 Å². The molecule has 1 aliphatic rings. The van der Waals surface area contributed by atoms with Crippen LogP contribution in [-0.4, -0.2) is 16.4 Å². The molecule has 0 radical (unpaired) electrons. The first-order valence-corrected chi connectivity index (χ1v) is 10.4. The molecule has 0 bridgehead atoms. The highest BCUT2D eigenvalue weighted by Gasteiger charge is 2.38. The molecule has 0 saturated carbocycles. The molecule has 2 aromatic carbocycles. The maximum Gasteiger partial charge on any atom is 0.170 e. The van der Waals surface area contributed by atoms with E-state index in [0.29, 0.717) is 5.11 Å². The van der Waals surface area contributed by atoms with Crippen LogP contribution >= 0.6 is 24.0 Å². The van der Waals surface area contributed by atoms with Crippen molar-refractivity contribution in [1.29, 1.82) is 0 Å². The van der Waals surface area contributed by atoms with E-state index in [4.69, 9.17) is 12.2 Å². The molecular weight excluding hydrogens is 356 g/mol. The lowest BCUT2D eigenvalue weighted by Crippen LogP contribution is -2.34. The van der Waals surface area contributed by atoms with Gasteiger partial charge in [-0.2, -0.15) is 0 Å². The van der Waals surface area contributed by atoms with E-state index >= 15 is 0 Å². The van der Waals surface area contributed by atoms with Crippen molar-refractivity contribution in [2.75, 3.05) is 11.9 Å². The van der Waals surface area contributed by atoms with Gasteiger partial charge >= 0.3 is 0 Å². The first kappa shape index (κ1) is 19.2. The van der Waals surface area contributed by atoms with Gasteiger partial charge in [-0.25, -0.2) is 0 Å². The minimum Gasteiger partial charge on any atom is -0.362 e. The van der Waals surface area contributed by atoms with Crippen LogP contribution in [0.4, 0.5) is 5.69 Å². The lowest BCUT2D eigenvalue weighted by Gasteiger charge is -2.41. The highest BCUT2D eigenvalue weighted by molar-refractivity contribution is 8.00. The summed E-state index contributed by atoms with van der Waals surface area (Å²) in [6, 6.07) is 17.1. The number of rotatable bonds is 4. The number of hydrogen-bond acceptors (Lipinski definition) is 2. The van der Waals surface area contributed by atoms with E-state index in [9.17, 15) is 0 Å². The first-order chi connectivity index (χ1) is 12.3. The zero-order valence-electron chi connectivity index (χ0n) is 16.1. The minimum absolute atomic E-state index is 0.171. The van der Waals surface area contributed by atoms with E-state index in [0.717, 1.165) is 18.7 Å². The molecule has 138 valence electrons. The molecular formula is C22H28N2S2. The highest BCUT2D eigenvalue weighted by Crippen LogP contribution is 2.51. The first-order valence-electron chi connectivity index (χ1n) is 9.18. The summed E-state index contributed by atoms with van der Waals surface area (Å²) in [7, 11) is 0. The van der Waals surface area contributed by atoms with Crippen molar-refractivity contribution in [3.8, 4) is 0 Å². The lowest BCUT2D eigenvalue weighted by molar-refractivity contribution is 0.408. The second-order valence-corrected chi connectivity index (χ2v) is 10.4. The fraction of sp³-hybridized carbons (Fsp3) is 0.409. The Morgan fingerprint density at radius 1 is 1.08 bits per heavy atom. The van der Waals surface area contributed by atoms with Gasteiger partial charge in [0, 0.05) is 21.9 Å². The number of nitrogens with one attached hydrogen (secondary N) is 2. The molecule has 2 aromatic rings. The van der Waals surface area contributed by atoms with Crippen LogP contribution in [0, 0.1) is 0 Å². The van der Waals surface area contributed by atoms with Crippen molar-refractivity contribution in [2.45, 2.75) is 55.6 Å². The van der Waals surface area contributed by atoms with Crippen molar-refractivity contribution < 1.29 is 0 Å². The normalized spacial score (nSPS) is 17.2. The smallest absolute Gasteiger partial charge is 0.170 e. The molecule has 0 saturated heterocycles. The van der Waals surface area contributed by atoms with Crippen LogP contribution < -0.4 is 10.6 Å². The van der Waals surface area contributed by atoms with Crippen LogP contribution in [0.5, 0.6) is 0 Å². The largest absolute Gasteiger partial charge is 0.362 e. The van der Waals surface area contributed by atoms with Crippen LogP contribution in [-0.2, 0) is 11.8 Å². The van der Waals surface area contributed by atoms with E-state index in [2.05, 4.69) is 80.8 Å². The minimum atomic E-state index is 0.171. The van der Waals surface area contributed by atoms with Crippen molar-refractivity contribution in [3.05, 3.63) is 59.7 Å². The van der Waals surface area contributed by atoms with Gasteiger partial charge < -0.3 is 10.6 Å². The molecule has 2 N–H and O–H groups in total. The van der Waals surface area contributed by atoms with Gasteiger partial charge in [0.2, 0.25) is 0 Å². The molecule has 0 amide bonds. The molecule has 0 aliphatic carbocycles. The average molecular weight is 385 g/mol. The average Bonchev–Trinajstić information content (AvgIpc) is 2.55. The maximum atomic E-state index is 5.47. The summed E-state index contributed by atoms with van der Waals surface area (Å²) in [6.45, 7) is 10.2. The van der Waals surface area contributed by atoms with E-state index in [1.165, 1.54) is 22.4 Å². The van der Waals surface area contributed by atoms with E-state index in [-0.39, 0.29) is 10.2 Å². The monoisotopic (exact) mass is 384 g/mol. The highest BCUT2D eigenvalue weighted by atomic mass is 32.2. The number of hydrogen-bond donors (Lipinski definition) is 2. The standard InChI is InChI=1S/C22H28N2S2/c1-21(2)15-22(3,4)26-19-11-10-17(14-18(19)21)24-20(25)23-13-12-16-8-6-5-7-9-16/h5-11,14H,12-13,15H2,1-4H3,(H2,23,24,25). The number of thioether (sulfide) groups is 1. The van der Waals surface area contributed by atoms with E-state index in [1.807, 2.05) is 17.8 Å². The maximum absolute atomic E-state index is 5.47. The second-order valence-electron chi connectivity index (χ2n) is 8.25. The number of anilines is 1. The summed E-state index contributed by atoms with van der Waals surface area (Å²) >= 11 is 7.45. The molecule has 1 heterocycles. The summed E-state index contributed by atoms with van der Waals surface area (Å²) < 4.78 is 0.278. The molecule has 26 heavy (non-hydrogen) atoms. The Morgan fingerprint density at radius 2 is 1.81 bits per heavy atom. The number of fused-ring (bicyclic) bond motifs is 1. The molecule has 0 aromatic heterocycles. The fourth-order valence-electron chi connectivity index (χ4n) is 3.86. The van der Waals surface area contributed by atoms with Gasteiger partial charge in [-0.15, -0.1) is 11.8 Å². The van der Waals surface area contributed by atoms with Gasteiger partial charge in [-0.3, -0.25) is 0 Å². The molecule has 0 atom stereocenters. The van der Waals surface area contributed by atoms with E-state index in [1.54, 1.807) is 0 Å². The van der Waals surface area contributed by atoms with Crippen LogP contribution in [0.3, 0.4) is 0 Å². The van der Waals surface area contributed by atoms with Crippen molar-refractivity contribution in [1.82, 2.24) is 5.32 Å². The summed E-state index contributed by atoms with van der Waals surface area (Å²) in [5, 5.41) is 7.34. The van der Waals surface area contributed by atoms with Gasteiger partial charge in [0.15, 0.2) is 5.11 Å². The Balaban J connectivity index is 1.61. The predicted molar refractivity (Wildman–Crippen MR) is 118 cm³/mol. The topological polar surface area (TPSA) is 24.1 Å². The Morgan fingerprint density at radius 3 is 2.54 bits per heavy atom. The van der Waals surface area contributed by atoms with Gasteiger partial charge in [0.25, 0.3) is 0 Å². The fourth-order valence-corrected chi connectivity index (χ4v) is 5.69. The summed E-state index contributed by atoms with van der Waals surface area (Å²) in [6.07, 6.45) is 2.13. The third-order valence-corrected chi connectivity index (χ3v) is 6.28. The zero-order valence-corrected chi connectivity index (χ0v) is 17.7. The second kappa shape index (κ2) is 7.61. The number of thiocarbonyl (C=S) groups is 1. The van der Waals surface area contributed by atoms with Crippen molar-refractivity contribution in [3.63, 3.8) is 0 Å². The van der Waals surface area contributed by atoms with Gasteiger partial charge in [-0.1, -0.05) is 58.0 Å². The van der Waals surface area contributed by atoms with Crippen LogP contribution in [0.25, 0.3) is 0 Å². The molecule has 4 heteroatoms. The van der Waals surface area contributed by atoms with Crippen LogP contribution in [0.1, 0.15) is 45.2 Å². The third-order valence-electron chi connectivity index (χ3n) is 4.76.